The van der Waals surface area contributed by atoms with Gasteiger partial charge in [-0.2, -0.15) is 5.10 Å². The van der Waals surface area contributed by atoms with Crippen LogP contribution >= 0.6 is 0 Å². The summed E-state index contributed by atoms with van der Waals surface area (Å²) in [6.45, 7) is 8.28. The van der Waals surface area contributed by atoms with Crippen LogP contribution in [0.1, 0.15) is 26.5 Å². The van der Waals surface area contributed by atoms with E-state index in [0.717, 1.165) is 39.3 Å². The lowest BCUT2D eigenvalue weighted by atomic mass is 10.0. The molecular weight excluding hydrogens is 326 g/mol. The van der Waals surface area contributed by atoms with Gasteiger partial charge in [0.25, 0.3) is 0 Å². The second-order valence-corrected chi connectivity index (χ2v) is 7.39. The Balaban J connectivity index is 1.89. The van der Waals surface area contributed by atoms with Gasteiger partial charge in [0.05, 0.1) is 11.8 Å². The Hall–Kier alpha value is -3.15. The molecule has 0 spiro atoms. The molecule has 0 aliphatic rings. The maximum Gasteiger partial charge on any atom is 0.231 e. The first kappa shape index (κ1) is 16.3. The number of aryl methyl sites for hydroxylation is 1. The summed E-state index contributed by atoms with van der Waals surface area (Å²) in [5.74, 6) is 1.29. The molecule has 2 N–H and O–H groups in total. The Morgan fingerprint density at radius 1 is 1.08 bits per heavy atom. The maximum atomic E-state index is 6.00. The van der Waals surface area contributed by atoms with Crippen LogP contribution in [0.2, 0.25) is 0 Å². The predicted molar refractivity (Wildman–Crippen MR) is 103 cm³/mol. The summed E-state index contributed by atoms with van der Waals surface area (Å²) in [7, 11) is 0. The second kappa shape index (κ2) is 5.98. The number of pyridine rings is 1. The van der Waals surface area contributed by atoms with Gasteiger partial charge in [0.15, 0.2) is 5.58 Å². The number of para-hydroxylation sites is 2. The molecule has 0 unspecified atom stereocenters. The predicted octanol–water partition coefficient (Wildman–Crippen LogP) is 4.80. The molecule has 4 rings (SSSR count). The fraction of sp³-hybridized carbons (Fsp3) is 0.250. The minimum Gasteiger partial charge on any atom is -0.436 e. The van der Waals surface area contributed by atoms with E-state index in [1.165, 1.54) is 0 Å². The van der Waals surface area contributed by atoms with Crippen LogP contribution in [-0.2, 0) is 0 Å². The molecule has 0 aliphatic heterocycles. The van der Waals surface area contributed by atoms with Crippen molar-refractivity contribution in [3.8, 4) is 22.6 Å². The Kier molecular flexibility index (Phi) is 3.76. The number of aromatic amines is 1. The Labute approximate surface area is 151 Å². The van der Waals surface area contributed by atoms with Gasteiger partial charge in [-0.1, -0.05) is 12.1 Å². The van der Waals surface area contributed by atoms with Crippen molar-refractivity contribution in [1.29, 1.82) is 0 Å². The number of oxazole rings is 1. The third-order valence-corrected chi connectivity index (χ3v) is 4.05. The van der Waals surface area contributed by atoms with Crippen molar-refractivity contribution in [3.05, 3.63) is 48.4 Å². The normalized spacial score (nSPS) is 11.8. The Bertz CT molecular complexity index is 1040. The molecule has 6 nitrogen and oxygen atoms in total. The smallest absolute Gasteiger partial charge is 0.231 e. The zero-order chi connectivity index (χ0) is 18.3. The summed E-state index contributed by atoms with van der Waals surface area (Å²) in [6, 6.07) is 9.79. The van der Waals surface area contributed by atoms with Gasteiger partial charge in [-0.05, 0) is 45.9 Å². The van der Waals surface area contributed by atoms with Crippen LogP contribution in [-0.4, -0.2) is 25.7 Å². The monoisotopic (exact) mass is 347 g/mol. The number of fused-ring (bicyclic) bond motifs is 1. The molecule has 0 saturated carbocycles. The van der Waals surface area contributed by atoms with Crippen LogP contribution in [0.5, 0.6) is 0 Å². The second-order valence-electron chi connectivity index (χ2n) is 7.39. The topological polar surface area (TPSA) is 79.6 Å². The largest absolute Gasteiger partial charge is 0.436 e. The number of hydrogen-bond acceptors (Lipinski definition) is 5. The van der Waals surface area contributed by atoms with Gasteiger partial charge < -0.3 is 9.73 Å². The van der Waals surface area contributed by atoms with Crippen molar-refractivity contribution in [2.45, 2.75) is 33.2 Å². The van der Waals surface area contributed by atoms with Gasteiger partial charge in [0, 0.05) is 28.6 Å². The third-order valence-electron chi connectivity index (χ3n) is 4.05. The minimum atomic E-state index is -0.138. The summed E-state index contributed by atoms with van der Waals surface area (Å²) in [5.41, 5.74) is 5.25. The molecule has 0 atom stereocenters. The zero-order valence-corrected chi connectivity index (χ0v) is 15.3. The minimum absolute atomic E-state index is 0.138. The average Bonchev–Trinajstić information content (AvgIpc) is 3.19. The van der Waals surface area contributed by atoms with E-state index < -0.39 is 0 Å². The first-order valence-electron chi connectivity index (χ1n) is 8.55. The molecule has 4 aromatic rings. The maximum absolute atomic E-state index is 6.00. The van der Waals surface area contributed by atoms with Crippen LogP contribution in [0.25, 0.3) is 33.7 Å². The third kappa shape index (κ3) is 3.06. The lowest BCUT2D eigenvalue weighted by Crippen LogP contribution is -2.27. The van der Waals surface area contributed by atoms with E-state index in [-0.39, 0.29) is 5.54 Å². The van der Waals surface area contributed by atoms with E-state index in [1.807, 2.05) is 43.5 Å². The van der Waals surface area contributed by atoms with Crippen LogP contribution in [0.15, 0.2) is 47.1 Å². The van der Waals surface area contributed by atoms with E-state index >= 15 is 0 Å². The van der Waals surface area contributed by atoms with Gasteiger partial charge in [0.1, 0.15) is 11.3 Å². The summed E-state index contributed by atoms with van der Waals surface area (Å²) < 4.78 is 6.00. The van der Waals surface area contributed by atoms with Crippen molar-refractivity contribution in [2.24, 2.45) is 0 Å². The number of rotatable bonds is 3. The molecule has 3 heterocycles. The highest BCUT2D eigenvalue weighted by atomic mass is 16.3. The summed E-state index contributed by atoms with van der Waals surface area (Å²) in [4.78, 5) is 9.30. The number of H-pyrrole nitrogens is 1. The van der Waals surface area contributed by atoms with Crippen molar-refractivity contribution in [2.75, 3.05) is 5.32 Å². The summed E-state index contributed by atoms with van der Waals surface area (Å²) in [6.07, 6.45) is 3.65. The van der Waals surface area contributed by atoms with Crippen molar-refractivity contribution in [1.82, 2.24) is 20.2 Å². The summed E-state index contributed by atoms with van der Waals surface area (Å²) >= 11 is 0. The highest BCUT2D eigenvalue weighted by Crippen LogP contribution is 2.34. The SMILES string of the molecule is Cc1[nH]ncc1-c1cnc(NC(C)(C)C)c(-c2nc3ccccc3o2)c1. The summed E-state index contributed by atoms with van der Waals surface area (Å²) in [5, 5.41) is 10.5. The molecule has 0 radical (unpaired) electrons. The van der Waals surface area contributed by atoms with Crippen LogP contribution in [0.3, 0.4) is 0 Å². The Morgan fingerprint density at radius 2 is 1.88 bits per heavy atom. The number of hydrogen-bond donors (Lipinski definition) is 2. The lowest BCUT2D eigenvalue weighted by Gasteiger charge is -2.22. The molecule has 0 aliphatic carbocycles. The highest BCUT2D eigenvalue weighted by molar-refractivity contribution is 5.82. The molecular formula is C20H21N5O. The number of anilines is 1. The van der Waals surface area contributed by atoms with Crippen molar-refractivity contribution in [3.63, 3.8) is 0 Å². The van der Waals surface area contributed by atoms with Crippen LogP contribution < -0.4 is 5.32 Å². The van der Waals surface area contributed by atoms with E-state index in [2.05, 4.69) is 46.3 Å². The molecule has 0 bridgehead atoms. The Morgan fingerprint density at radius 3 is 2.58 bits per heavy atom. The number of aromatic nitrogens is 4. The number of benzene rings is 1. The fourth-order valence-corrected chi connectivity index (χ4v) is 2.86. The molecule has 1 aromatic carbocycles. The molecule has 0 saturated heterocycles. The standard InChI is InChI=1S/C20H21N5O/c1-12-15(11-22-25-12)13-9-14(18(21-10-13)24-20(2,3)4)19-23-16-7-5-6-8-17(16)26-19/h5-11H,1-4H3,(H,21,24)(H,22,25). The lowest BCUT2D eigenvalue weighted by molar-refractivity contribution is 0.614. The highest BCUT2D eigenvalue weighted by Gasteiger charge is 2.19. The van der Waals surface area contributed by atoms with Crippen LogP contribution in [0.4, 0.5) is 5.82 Å². The van der Waals surface area contributed by atoms with Crippen LogP contribution in [0, 0.1) is 6.92 Å². The van der Waals surface area contributed by atoms with Gasteiger partial charge in [-0.25, -0.2) is 9.97 Å². The molecule has 3 aromatic heterocycles. The van der Waals surface area contributed by atoms with Gasteiger partial charge in [0.2, 0.25) is 5.89 Å². The van der Waals surface area contributed by atoms with E-state index in [9.17, 15) is 0 Å². The van der Waals surface area contributed by atoms with Crippen molar-refractivity contribution >= 4 is 16.9 Å². The first-order chi connectivity index (χ1) is 12.4. The molecule has 132 valence electrons. The molecule has 6 heteroatoms. The molecule has 26 heavy (non-hydrogen) atoms. The van der Waals surface area contributed by atoms with Crippen molar-refractivity contribution < 1.29 is 4.42 Å². The number of nitrogens with zero attached hydrogens (tertiary/aromatic N) is 3. The average molecular weight is 347 g/mol. The van der Waals surface area contributed by atoms with Gasteiger partial charge in [-0.3, -0.25) is 5.10 Å². The van der Waals surface area contributed by atoms with E-state index in [0.29, 0.717) is 5.89 Å². The van der Waals surface area contributed by atoms with Gasteiger partial charge in [-0.15, -0.1) is 0 Å². The molecule has 0 amide bonds. The fourth-order valence-electron chi connectivity index (χ4n) is 2.86. The first-order valence-corrected chi connectivity index (χ1v) is 8.55. The zero-order valence-electron chi connectivity index (χ0n) is 15.3. The quantitative estimate of drug-likeness (QED) is 0.556. The van der Waals surface area contributed by atoms with Gasteiger partial charge >= 0.3 is 0 Å². The molecule has 0 fully saturated rings. The van der Waals surface area contributed by atoms with E-state index in [4.69, 9.17) is 4.42 Å². The number of nitrogens with one attached hydrogen (secondary N) is 2. The van der Waals surface area contributed by atoms with E-state index in [1.54, 1.807) is 6.20 Å².